The maximum Gasteiger partial charge on any atom is 0.264 e. The molecule has 0 fully saturated rings. The molecule has 0 saturated carbocycles. The molecule has 0 unspecified atom stereocenters. The molecule has 0 spiro atoms. The topological polar surface area (TPSA) is 22.0 Å². The van der Waals surface area contributed by atoms with Gasteiger partial charge in [-0.05, 0) is 33.1 Å². The molecule has 0 atom stereocenters. The summed E-state index contributed by atoms with van der Waals surface area (Å²) in [5.74, 6) is 0. The molecular weight excluding hydrogens is 206 g/mol. The largest absolute Gasteiger partial charge is 0.268 e. The fourth-order valence-corrected chi connectivity index (χ4v) is 2.85. The van der Waals surface area contributed by atoms with Crippen molar-refractivity contribution in [2.24, 2.45) is 0 Å². The van der Waals surface area contributed by atoms with Gasteiger partial charge in [0.25, 0.3) is 5.56 Å². The lowest BCUT2D eigenvalue weighted by molar-refractivity contribution is 0.629. The van der Waals surface area contributed by atoms with Crippen LogP contribution in [0.3, 0.4) is 0 Å². The Kier molecular flexibility index (Phi) is 3.19. The van der Waals surface area contributed by atoms with E-state index in [4.69, 9.17) is 0 Å². The van der Waals surface area contributed by atoms with Gasteiger partial charge in [0.2, 0.25) is 0 Å². The zero-order valence-corrected chi connectivity index (χ0v) is 9.50. The zero-order valence-electron chi connectivity index (χ0n) is 7.87. The molecular formula is C9H14ClNOS. The molecule has 2 nitrogen and oxygen atoms in total. The van der Waals surface area contributed by atoms with E-state index in [0.717, 1.165) is 18.4 Å². The first-order valence-electron chi connectivity index (χ1n) is 4.43. The van der Waals surface area contributed by atoms with E-state index in [0.29, 0.717) is 6.04 Å². The molecule has 0 radical (unpaired) electrons. The van der Waals surface area contributed by atoms with Crippen LogP contribution in [0.1, 0.15) is 36.8 Å². The van der Waals surface area contributed by atoms with Gasteiger partial charge in [-0.25, -0.2) is 0 Å². The van der Waals surface area contributed by atoms with Crippen molar-refractivity contribution in [1.29, 1.82) is 0 Å². The predicted octanol–water partition coefficient (Wildman–Crippen LogP) is 2.40. The molecule has 0 amide bonds. The van der Waals surface area contributed by atoms with Crippen LogP contribution in [-0.4, -0.2) is 3.96 Å². The Balaban J connectivity index is 0.000000845. The summed E-state index contributed by atoms with van der Waals surface area (Å²) < 4.78 is 1.89. The molecule has 0 bridgehead atoms. The minimum Gasteiger partial charge on any atom is -0.268 e. The van der Waals surface area contributed by atoms with Crippen molar-refractivity contribution in [3.8, 4) is 0 Å². The van der Waals surface area contributed by atoms with Crippen molar-refractivity contribution in [3.05, 3.63) is 20.8 Å². The van der Waals surface area contributed by atoms with Crippen LogP contribution in [0.5, 0.6) is 0 Å². The van der Waals surface area contributed by atoms with Crippen LogP contribution < -0.4 is 5.56 Å². The minimum atomic E-state index is 0. The standard InChI is InChI=1S/C9H13NOS.ClH/c1-6(2)10-9(11)7-4-3-5-8(7)12-10;/h6H,3-5H2,1-2H3;1H. The number of fused-ring (bicyclic) bond motifs is 1. The maximum atomic E-state index is 11.7. The average Bonchev–Trinajstić information content (AvgIpc) is 2.53. The first-order chi connectivity index (χ1) is 5.70. The number of rotatable bonds is 1. The van der Waals surface area contributed by atoms with Gasteiger partial charge < -0.3 is 0 Å². The molecule has 0 aromatic carbocycles. The molecule has 1 aromatic heterocycles. The molecule has 0 aliphatic heterocycles. The van der Waals surface area contributed by atoms with Gasteiger partial charge >= 0.3 is 0 Å². The smallest absolute Gasteiger partial charge is 0.264 e. The van der Waals surface area contributed by atoms with E-state index in [1.54, 1.807) is 11.5 Å². The van der Waals surface area contributed by atoms with Crippen molar-refractivity contribution >= 4 is 23.9 Å². The summed E-state index contributed by atoms with van der Waals surface area (Å²) in [7, 11) is 0. The Bertz CT molecular complexity index is 353. The van der Waals surface area contributed by atoms with E-state index in [2.05, 4.69) is 13.8 Å². The average molecular weight is 220 g/mol. The number of aromatic nitrogens is 1. The van der Waals surface area contributed by atoms with E-state index in [-0.39, 0.29) is 18.0 Å². The van der Waals surface area contributed by atoms with Crippen LogP contribution in [0.25, 0.3) is 0 Å². The van der Waals surface area contributed by atoms with Crippen molar-refractivity contribution in [3.63, 3.8) is 0 Å². The third-order valence-electron chi connectivity index (χ3n) is 2.30. The Morgan fingerprint density at radius 1 is 1.38 bits per heavy atom. The third-order valence-corrected chi connectivity index (χ3v) is 3.76. The Hall–Kier alpha value is -0.280. The van der Waals surface area contributed by atoms with E-state index in [1.165, 1.54) is 11.3 Å². The Labute approximate surface area is 88.1 Å². The van der Waals surface area contributed by atoms with Gasteiger partial charge in [0.1, 0.15) is 0 Å². The molecule has 74 valence electrons. The third kappa shape index (κ3) is 1.67. The molecule has 2 rings (SSSR count). The summed E-state index contributed by atoms with van der Waals surface area (Å²) in [6.07, 6.45) is 3.30. The van der Waals surface area contributed by atoms with Gasteiger partial charge in [0.15, 0.2) is 0 Å². The first-order valence-corrected chi connectivity index (χ1v) is 5.21. The van der Waals surface area contributed by atoms with Gasteiger partial charge in [-0.2, -0.15) is 0 Å². The highest BCUT2D eigenvalue weighted by atomic mass is 35.5. The second kappa shape index (κ2) is 3.84. The first kappa shape index (κ1) is 10.8. The second-order valence-electron chi connectivity index (χ2n) is 3.57. The SMILES string of the molecule is CC(C)n1sc2c(c1=O)CCC2.Cl. The molecule has 0 N–H and O–H groups in total. The molecule has 0 saturated heterocycles. The fraction of sp³-hybridized carbons (Fsp3) is 0.667. The zero-order chi connectivity index (χ0) is 8.72. The second-order valence-corrected chi connectivity index (χ2v) is 4.64. The highest BCUT2D eigenvalue weighted by Gasteiger charge is 2.20. The summed E-state index contributed by atoms with van der Waals surface area (Å²) in [4.78, 5) is 13.0. The van der Waals surface area contributed by atoms with Gasteiger partial charge in [-0.3, -0.25) is 8.75 Å². The molecule has 4 heteroatoms. The summed E-state index contributed by atoms with van der Waals surface area (Å²) in [6, 6.07) is 0.327. The summed E-state index contributed by atoms with van der Waals surface area (Å²) in [6.45, 7) is 4.13. The normalized spacial score (nSPS) is 14.4. The molecule has 13 heavy (non-hydrogen) atoms. The van der Waals surface area contributed by atoms with Gasteiger partial charge in [0.05, 0.1) is 0 Å². The van der Waals surface area contributed by atoms with Crippen LogP contribution in [-0.2, 0) is 12.8 Å². The number of aryl methyl sites for hydroxylation is 1. The predicted molar refractivity (Wildman–Crippen MR) is 58.2 cm³/mol. The lowest BCUT2D eigenvalue weighted by Crippen LogP contribution is -2.17. The van der Waals surface area contributed by atoms with E-state index in [1.807, 2.05) is 3.96 Å². The fourth-order valence-electron chi connectivity index (χ4n) is 1.68. The van der Waals surface area contributed by atoms with Gasteiger partial charge in [-0.15, -0.1) is 12.4 Å². The minimum absolute atomic E-state index is 0. The highest BCUT2D eigenvalue weighted by molar-refractivity contribution is 7.06. The summed E-state index contributed by atoms with van der Waals surface area (Å²) >= 11 is 1.66. The maximum absolute atomic E-state index is 11.7. The van der Waals surface area contributed by atoms with Crippen LogP contribution >= 0.6 is 23.9 Å². The summed E-state index contributed by atoms with van der Waals surface area (Å²) in [5.41, 5.74) is 1.36. The van der Waals surface area contributed by atoms with E-state index in [9.17, 15) is 4.79 Å². The van der Waals surface area contributed by atoms with Gasteiger partial charge in [0, 0.05) is 16.5 Å². The lowest BCUT2D eigenvalue weighted by atomic mass is 10.3. The Morgan fingerprint density at radius 2 is 2.08 bits per heavy atom. The van der Waals surface area contributed by atoms with E-state index < -0.39 is 0 Å². The van der Waals surface area contributed by atoms with Crippen molar-refractivity contribution < 1.29 is 0 Å². The monoisotopic (exact) mass is 219 g/mol. The highest BCUT2D eigenvalue weighted by Crippen LogP contribution is 2.24. The number of hydrogen-bond acceptors (Lipinski definition) is 2. The molecule has 1 heterocycles. The van der Waals surface area contributed by atoms with Crippen LogP contribution in [0.4, 0.5) is 0 Å². The number of nitrogens with zero attached hydrogens (tertiary/aromatic N) is 1. The lowest BCUT2D eigenvalue weighted by Gasteiger charge is -2.02. The van der Waals surface area contributed by atoms with E-state index >= 15 is 0 Å². The molecule has 1 aromatic rings. The van der Waals surface area contributed by atoms with Gasteiger partial charge in [-0.1, -0.05) is 11.5 Å². The number of hydrogen-bond donors (Lipinski definition) is 0. The number of halogens is 1. The van der Waals surface area contributed by atoms with Crippen molar-refractivity contribution in [2.45, 2.75) is 39.2 Å². The van der Waals surface area contributed by atoms with Crippen LogP contribution in [0, 0.1) is 0 Å². The van der Waals surface area contributed by atoms with Crippen LogP contribution in [0.2, 0.25) is 0 Å². The molecule has 1 aliphatic rings. The Morgan fingerprint density at radius 3 is 2.62 bits per heavy atom. The van der Waals surface area contributed by atoms with Crippen molar-refractivity contribution in [1.82, 2.24) is 3.96 Å². The van der Waals surface area contributed by atoms with Crippen molar-refractivity contribution in [2.75, 3.05) is 0 Å². The van der Waals surface area contributed by atoms with Crippen LogP contribution in [0.15, 0.2) is 4.79 Å². The molecule has 1 aliphatic carbocycles. The quantitative estimate of drug-likeness (QED) is 0.711. The summed E-state index contributed by atoms with van der Waals surface area (Å²) in [5, 5.41) is 0.